The van der Waals surface area contributed by atoms with Crippen LogP contribution in [0.5, 0.6) is 0 Å². The number of carbonyl (C=O) groups excluding carboxylic acids is 4. The predicted molar refractivity (Wildman–Crippen MR) is 158 cm³/mol. The van der Waals surface area contributed by atoms with Gasteiger partial charge in [0, 0.05) is 33.0 Å². The molecule has 1 aliphatic rings. The number of primary amides is 1. The maximum Gasteiger partial charge on any atom is 0.243 e. The van der Waals surface area contributed by atoms with Gasteiger partial charge in [-0.3, -0.25) is 19.2 Å². The van der Waals surface area contributed by atoms with Crippen LogP contribution < -0.4 is 16.4 Å². The second kappa shape index (κ2) is 14.0. The summed E-state index contributed by atoms with van der Waals surface area (Å²) in [5.41, 5.74) is 9.41. The molecule has 1 aliphatic heterocycles. The lowest BCUT2D eigenvalue weighted by atomic mass is 9.70. The summed E-state index contributed by atoms with van der Waals surface area (Å²) < 4.78 is 0. The van der Waals surface area contributed by atoms with Crippen molar-refractivity contribution in [3.63, 3.8) is 0 Å². The van der Waals surface area contributed by atoms with Crippen LogP contribution in [0.4, 0.5) is 0 Å². The Kier molecular flexibility index (Phi) is 11.0. The molecule has 4 amide bonds. The monoisotopic (exact) mass is 585 g/mol. The highest BCUT2D eigenvalue weighted by Crippen LogP contribution is 2.38. The van der Waals surface area contributed by atoms with Gasteiger partial charge in [0.15, 0.2) is 0 Å². The highest BCUT2D eigenvalue weighted by Gasteiger charge is 2.47. The van der Waals surface area contributed by atoms with E-state index < -0.39 is 35.3 Å². The van der Waals surface area contributed by atoms with Gasteiger partial charge in [-0.15, -0.1) is 11.3 Å². The first-order chi connectivity index (χ1) is 19.3. The lowest BCUT2D eigenvalue weighted by Crippen LogP contribution is -2.53. The second-order valence-corrected chi connectivity index (χ2v) is 12.7. The number of nitrogens with two attached hydrogens (primary N) is 1. The van der Waals surface area contributed by atoms with Gasteiger partial charge in [0.2, 0.25) is 23.6 Å². The molecular formula is C30H43N5O5S. The first-order valence-corrected chi connectivity index (χ1v) is 15.0. The summed E-state index contributed by atoms with van der Waals surface area (Å²) in [5.74, 6) is -2.75. The van der Waals surface area contributed by atoms with E-state index >= 15 is 0 Å². The van der Waals surface area contributed by atoms with Crippen LogP contribution in [0.3, 0.4) is 0 Å². The number of carbonyl (C=O) groups is 4. The normalized spacial score (nSPS) is 18.5. The number of aryl methyl sites for hydroxylation is 1. The van der Waals surface area contributed by atoms with Crippen molar-refractivity contribution >= 4 is 35.0 Å². The molecule has 224 valence electrons. The molecule has 1 saturated heterocycles. The zero-order valence-electron chi connectivity index (χ0n) is 24.6. The molecule has 0 saturated carbocycles. The van der Waals surface area contributed by atoms with E-state index in [-0.39, 0.29) is 43.7 Å². The van der Waals surface area contributed by atoms with Gasteiger partial charge in [0.05, 0.1) is 34.0 Å². The van der Waals surface area contributed by atoms with E-state index in [9.17, 15) is 24.3 Å². The lowest BCUT2D eigenvalue weighted by Gasteiger charge is -2.39. The Hall–Kier alpha value is -3.31. The second-order valence-electron chi connectivity index (χ2n) is 11.9. The van der Waals surface area contributed by atoms with Gasteiger partial charge in [-0.1, -0.05) is 51.5 Å². The quantitative estimate of drug-likeness (QED) is 0.281. The number of benzene rings is 1. The fourth-order valence-electron chi connectivity index (χ4n) is 5.59. The standard InChI is InChI=1S/C30H43N5O5S/c1-18-26(41-17-34-18)20-12-10-19(11-13-20)15-33-28(39)23-14-21(36)16-35(23)29(40)25(30(2,3)4)22(27(38)32-5)8-6-7-9-24(31)37/h10-13,17,21-23,25,36H,6-9,14-16H2,1-5H3,(H2,31,37)(H,32,38)(H,33,39)/t21-,22?,23+,25-/m1/s1. The van der Waals surface area contributed by atoms with Gasteiger partial charge in [-0.05, 0) is 36.3 Å². The average Bonchev–Trinajstić information content (AvgIpc) is 3.53. The van der Waals surface area contributed by atoms with E-state index in [2.05, 4.69) is 15.6 Å². The number of aliphatic hydroxyl groups excluding tert-OH is 1. The minimum atomic E-state index is -0.846. The number of hydrogen-bond acceptors (Lipinski definition) is 7. The van der Waals surface area contributed by atoms with Crippen LogP contribution in [0.1, 0.15) is 64.1 Å². The third kappa shape index (κ3) is 8.36. The van der Waals surface area contributed by atoms with Crippen LogP contribution in [-0.4, -0.2) is 64.4 Å². The van der Waals surface area contributed by atoms with Crippen LogP contribution in [-0.2, 0) is 25.7 Å². The molecule has 0 aliphatic carbocycles. The van der Waals surface area contributed by atoms with Crippen LogP contribution in [0, 0.1) is 24.2 Å². The Morgan fingerprint density at radius 2 is 1.85 bits per heavy atom. The number of thiazole rings is 1. The minimum absolute atomic E-state index is 0.0224. The smallest absolute Gasteiger partial charge is 0.243 e. The fraction of sp³-hybridized carbons (Fsp3) is 0.567. The van der Waals surface area contributed by atoms with Crippen LogP contribution >= 0.6 is 11.3 Å². The number of likely N-dealkylation sites (tertiary alicyclic amines) is 1. The van der Waals surface area contributed by atoms with E-state index in [1.165, 1.54) is 11.9 Å². The summed E-state index contributed by atoms with van der Waals surface area (Å²) >= 11 is 1.58. The zero-order valence-corrected chi connectivity index (χ0v) is 25.4. The summed E-state index contributed by atoms with van der Waals surface area (Å²) in [5, 5.41) is 16.1. The van der Waals surface area contributed by atoms with Crippen molar-refractivity contribution < 1.29 is 24.3 Å². The number of aliphatic hydroxyl groups is 1. The Bertz CT molecular complexity index is 1220. The maximum atomic E-state index is 14.1. The van der Waals surface area contributed by atoms with E-state index in [1.54, 1.807) is 11.3 Å². The number of aromatic nitrogens is 1. The molecule has 0 bridgehead atoms. The first-order valence-electron chi connectivity index (χ1n) is 14.1. The molecular weight excluding hydrogens is 542 g/mol. The zero-order chi connectivity index (χ0) is 30.3. The number of hydrogen-bond donors (Lipinski definition) is 4. The fourth-order valence-corrected chi connectivity index (χ4v) is 6.40. The Morgan fingerprint density at radius 1 is 1.17 bits per heavy atom. The highest BCUT2D eigenvalue weighted by molar-refractivity contribution is 7.13. The molecule has 4 atom stereocenters. The van der Waals surface area contributed by atoms with Crippen molar-refractivity contribution in [3.05, 3.63) is 41.0 Å². The minimum Gasteiger partial charge on any atom is -0.391 e. The van der Waals surface area contributed by atoms with Crippen molar-refractivity contribution in [2.24, 2.45) is 23.0 Å². The molecule has 0 spiro atoms. The molecule has 5 N–H and O–H groups in total. The predicted octanol–water partition coefficient (Wildman–Crippen LogP) is 2.77. The van der Waals surface area contributed by atoms with Gasteiger partial charge in [0.1, 0.15) is 6.04 Å². The SMILES string of the molecule is CNC(=O)C(CCCCC(N)=O)[C@H](C(=O)N1C[C@H](O)C[C@H]1C(=O)NCc1ccc(-c2scnc2C)cc1)C(C)(C)C. The molecule has 1 aromatic heterocycles. The first kappa shape index (κ1) is 32.2. The number of nitrogens with zero attached hydrogens (tertiary/aromatic N) is 2. The highest BCUT2D eigenvalue weighted by atomic mass is 32.1. The van der Waals surface area contributed by atoms with Crippen LogP contribution in [0.2, 0.25) is 0 Å². The van der Waals surface area contributed by atoms with E-state index in [4.69, 9.17) is 5.73 Å². The molecule has 1 aromatic carbocycles. The number of rotatable bonds is 12. The molecule has 3 rings (SSSR count). The molecule has 11 heteroatoms. The van der Waals surface area contributed by atoms with E-state index in [0.29, 0.717) is 19.3 Å². The Balaban J connectivity index is 1.73. The van der Waals surface area contributed by atoms with Gasteiger partial charge >= 0.3 is 0 Å². The van der Waals surface area contributed by atoms with E-state index in [1.807, 2.05) is 57.5 Å². The van der Waals surface area contributed by atoms with Gasteiger partial charge < -0.3 is 26.4 Å². The largest absolute Gasteiger partial charge is 0.391 e. The Labute approximate surface area is 246 Å². The van der Waals surface area contributed by atoms with Crippen molar-refractivity contribution in [2.45, 2.75) is 78.5 Å². The van der Waals surface area contributed by atoms with Crippen LogP contribution in [0.15, 0.2) is 29.8 Å². The molecule has 41 heavy (non-hydrogen) atoms. The maximum absolute atomic E-state index is 14.1. The molecule has 10 nitrogen and oxygen atoms in total. The van der Waals surface area contributed by atoms with E-state index in [0.717, 1.165) is 21.7 Å². The van der Waals surface area contributed by atoms with Gasteiger partial charge in [-0.2, -0.15) is 0 Å². The number of amides is 4. The molecule has 2 heterocycles. The summed E-state index contributed by atoms with van der Waals surface area (Å²) in [4.78, 5) is 58.4. The molecule has 1 fully saturated rings. The molecule has 2 aromatic rings. The lowest BCUT2D eigenvalue weighted by molar-refractivity contribution is -0.150. The van der Waals surface area contributed by atoms with Crippen molar-refractivity contribution in [2.75, 3.05) is 13.6 Å². The Morgan fingerprint density at radius 3 is 2.41 bits per heavy atom. The van der Waals surface area contributed by atoms with Crippen molar-refractivity contribution in [1.82, 2.24) is 20.5 Å². The molecule has 0 radical (unpaired) electrons. The summed E-state index contributed by atoms with van der Waals surface area (Å²) in [6, 6.07) is 7.04. The van der Waals surface area contributed by atoms with Gasteiger partial charge in [0.25, 0.3) is 0 Å². The van der Waals surface area contributed by atoms with Crippen molar-refractivity contribution in [1.29, 1.82) is 0 Å². The van der Waals surface area contributed by atoms with Crippen molar-refractivity contribution in [3.8, 4) is 10.4 Å². The summed E-state index contributed by atoms with van der Waals surface area (Å²) in [6.45, 7) is 7.96. The third-order valence-corrected chi connectivity index (χ3v) is 8.64. The number of nitrogens with one attached hydrogen (secondary N) is 2. The third-order valence-electron chi connectivity index (χ3n) is 7.67. The van der Waals surface area contributed by atoms with Gasteiger partial charge in [-0.25, -0.2) is 4.98 Å². The summed E-state index contributed by atoms with van der Waals surface area (Å²) in [7, 11) is 1.53. The topological polar surface area (TPSA) is 155 Å². The average molecular weight is 586 g/mol. The number of β-amino-alcohol motifs (C(OH)–C–C–N with tert-alkyl or cyclic N) is 1. The van der Waals surface area contributed by atoms with Crippen LogP contribution in [0.25, 0.3) is 10.4 Å². The molecule has 1 unspecified atom stereocenters. The number of unbranched alkanes of at least 4 members (excludes halogenated alkanes) is 1. The summed E-state index contributed by atoms with van der Waals surface area (Å²) in [6.07, 6.45) is 0.960.